The molecule has 1 N–H and O–H groups in total. The molecule has 0 atom stereocenters. The van der Waals surface area contributed by atoms with E-state index in [1.807, 2.05) is 0 Å². The number of rotatable bonds is 7. The van der Waals surface area contributed by atoms with Gasteiger partial charge in [-0.1, -0.05) is 27.2 Å². The summed E-state index contributed by atoms with van der Waals surface area (Å²) in [5.41, 5.74) is 1.19. The summed E-state index contributed by atoms with van der Waals surface area (Å²) < 4.78 is 49.7. The normalized spacial score (nSPS) is 11.4. The van der Waals surface area contributed by atoms with Crippen LogP contribution in [0.25, 0.3) is 11.0 Å². The molecule has 1 aromatic heterocycles. The fraction of sp³-hybridized carbons (Fsp3) is 0.235. The van der Waals surface area contributed by atoms with Gasteiger partial charge in [0.25, 0.3) is 10.0 Å². The topological polar surface area (TPSA) is 99.9 Å². The quantitative estimate of drug-likeness (QED) is 0.542. The van der Waals surface area contributed by atoms with Gasteiger partial charge in [-0.15, -0.1) is 0 Å². The lowest BCUT2D eigenvalue weighted by Gasteiger charge is -2.15. The summed E-state index contributed by atoms with van der Waals surface area (Å²) in [6.45, 7) is 0. The number of ether oxygens (including phenoxy) is 3. The second-order valence-corrected chi connectivity index (χ2v) is 7.61. The summed E-state index contributed by atoms with van der Waals surface area (Å²) in [6.07, 6.45) is 0. The van der Waals surface area contributed by atoms with Gasteiger partial charge in [-0.05, 0) is 29.8 Å². The maximum Gasteiger partial charge on any atom is 0.270 e. The molecule has 2 aromatic carbocycles. The van der Waals surface area contributed by atoms with Crippen molar-refractivity contribution in [2.24, 2.45) is 0 Å². The van der Waals surface area contributed by atoms with Crippen LogP contribution in [0.3, 0.4) is 0 Å². The Kier molecular flexibility index (Phi) is 5.47. The van der Waals surface area contributed by atoms with Crippen LogP contribution in [0.2, 0.25) is 0 Å². The van der Waals surface area contributed by atoms with Crippen LogP contribution < -0.4 is 18.9 Å². The van der Waals surface area contributed by atoms with Gasteiger partial charge in [0.15, 0.2) is 16.3 Å². The van der Waals surface area contributed by atoms with E-state index >= 15 is 0 Å². The first-order valence-corrected chi connectivity index (χ1v) is 10.3. The average Bonchev–Trinajstić information content (AvgIpc) is 3.08. The molecule has 1 heterocycles. The third-order valence-corrected chi connectivity index (χ3v) is 5.90. The number of sulfonamides is 1. The molecule has 3 rings (SSSR count). The van der Waals surface area contributed by atoms with Crippen molar-refractivity contribution >= 4 is 42.7 Å². The second kappa shape index (κ2) is 7.65. The Labute approximate surface area is 164 Å². The summed E-state index contributed by atoms with van der Waals surface area (Å²) in [4.78, 5) is -0.136. The maximum atomic E-state index is 13.1. The van der Waals surface area contributed by atoms with E-state index in [1.165, 1.54) is 21.3 Å². The molecule has 0 saturated carbocycles. The van der Waals surface area contributed by atoms with Crippen molar-refractivity contribution in [1.29, 1.82) is 0 Å². The lowest BCUT2D eigenvalue weighted by molar-refractivity contribution is 0.373. The highest BCUT2D eigenvalue weighted by atomic mass is 79.9. The number of aromatic nitrogens is 1. The molecule has 0 aliphatic carbocycles. The fourth-order valence-corrected chi connectivity index (χ4v) is 4.29. The van der Waals surface area contributed by atoms with Gasteiger partial charge < -0.3 is 18.7 Å². The number of methoxy groups -OCH3 is 3. The van der Waals surface area contributed by atoms with E-state index in [2.05, 4.69) is 25.8 Å². The van der Waals surface area contributed by atoms with Crippen molar-refractivity contribution in [3.05, 3.63) is 35.9 Å². The van der Waals surface area contributed by atoms with E-state index in [4.69, 9.17) is 18.7 Å². The molecule has 8 nitrogen and oxygen atoms in total. The van der Waals surface area contributed by atoms with Crippen molar-refractivity contribution < 1.29 is 27.2 Å². The largest absolute Gasteiger partial charge is 0.496 e. The first-order chi connectivity index (χ1) is 12.9. The number of alkyl halides is 1. The summed E-state index contributed by atoms with van der Waals surface area (Å²) in [5, 5.41) is 4.75. The molecule has 144 valence electrons. The summed E-state index contributed by atoms with van der Waals surface area (Å²) in [5.74, 6) is 0.739. The first-order valence-electron chi connectivity index (χ1n) is 7.71. The van der Waals surface area contributed by atoms with Gasteiger partial charge in [-0.2, -0.15) is 0 Å². The molecular formula is C17H17BrN2O6S. The molecule has 27 heavy (non-hydrogen) atoms. The molecule has 0 amide bonds. The molecule has 0 radical (unpaired) electrons. The number of hydrogen-bond donors (Lipinski definition) is 1. The highest BCUT2D eigenvalue weighted by molar-refractivity contribution is 9.08. The molecule has 0 aliphatic rings. The van der Waals surface area contributed by atoms with Crippen LogP contribution in [0.5, 0.6) is 17.2 Å². The lowest BCUT2D eigenvalue weighted by Crippen LogP contribution is -2.16. The number of halogens is 1. The van der Waals surface area contributed by atoms with Crippen LogP contribution in [0, 0.1) is 0 Å². The van der Waals surface area contributed by atoms with Crippen LogP contribution in [-0.4, -0.2) is 34.9 Å². The molecule has 0 bridgehead atoms. The van der Waals surface area contributed by atoms with Crippen LogP contribution in [0.15, 0.2) is 39.8 Å². The molecule has 3 aromatic rings. The van der Waals surface area contributed by atoms with E-state index in [-0.39, 0.29) is 22.2 Å². The van der Waals surface area contributed by atoms with Crippen molar-refractivity contribution in [3.8, 4) is 17.2 Å². The van der Waals surface area contributed by atoms with Crippen LogP contribution in [0.1, 0.15) is 5.56 Å². The minimum absolute atomic E-state index is 0.0103. The highest BCUT2D eigenvalue weighted by Gasteiger charge is 2.28. The van der Waals surface area contributed by atoms with Gasteiger partial charge in [-0.3, -0.25) is 4.72 Å². The third-order valence-electron chi connectivity index (χ3n) is 3.85. The third kappa shape index (κ3) is 3.54. The number of nitrogens with one attached hydrogen (secondary N) is 1. The minimum Gasteiger partial charge on any atom is -0.496 e. The Morgan fingerprint density at radius 3 is 2.26 bits per heavy atom. The Morgan fingerprint density at radius 2 is 1.70 bits per heavy atom. The molecule has 10 heteroatoms. The van der Waals surface area contributed by atoms with Gasteiger partial charge in [0.05, 0.1) is 21.3 Å². The second-order valence-electron chi connectivity index (χ2n) is 5.43. The van der Waals surface area contributed by atoms with Crippen molar-refractivity contribution in [1.82, 2.24) is 5.16 Å². The highest BCUT2D eigenvalue weighted by Crippen LogP contribution is 2.38. The number of hydrogen-bond acceptors (Lipinski definition) is 7. The molecule has 0 unspecified atom stereocenters. The number of anilines is 1. The smallest absolute Gasteiger partial charge is 0.270 e. The van der Waals surface area contributed by atoms with Gasteiger partial charge in [-0.25, -0.2) is 8.42 Å². The molecule has 0 spiro atoms. The zero-order valence-electron chi connectivity index (χ0n) is 14.8. The molecule has 0 fully saturated rings. The van der Waals surface area contributed by atoms with E-state index in [0.29, 0.717) is 22.0 Å². The van der Waals surface area contributed by atoms with E-state index in [9.17, 15) is 8.42 Å². The van der Waals surface area contributed by atoms with Crippen LogP contribution >= 0.6 is 15.9 Å². The van der Waals surface area contributed by atoms with Gasteiger partial charge in [0, 0.05) is 5.33 Å². The van der Waals surface area contributed by atoms with Gasteiger partial charge >= 0.3 is 0 Å². The maximum absolute atomic E-state index is 13.1. The molecular weight excluding hydrogens is 440 g/mol. The monoisotopic (exact) mass is 456 g/mol. The van der Waals surface area contributed by atoms with E-state index < -0.39 is 10.0 Å². The van der Waals surface area contributed by atoms with Crippen LogP contribution in [-0.2, 0) is 15.4 Å². The van der Waals surface area contributed by atoms with Crippen molar-refractivity contribution in [2.75, 3.05) is 26.1 Å². The number of fused-ring (bicyclic) bond motifs is 1. The van der Waals surface area contributed by atoms with E-state index in [0.717, 1.165) is 5.56 Å². The standard InChI is InChI=1S/C17H17BrN2O6S/c1-23-11-5-4-6-12-15(11)17(19-26-12)20-27(21,22)16-13(24-2)7-10(9-18)8-14(16)25-3/h4-8H,9H2,1-3H3,(H,19,20). The summed E-state index contributed by atoms with van der Waals surface area (Å²) in [6, 6.07) is 8.30. The van der Waals surface area contributed by atoms with Crippen molar-refractivity contribution in [3.63, 3.8) is 0 Å². The predicted molar refractivity (Wildman–Crippen MR) is 104 cm³/mol. The Bertz CT molecular complexity index is 1060. The first kappa shape index (κ1) is 19.3. The Hall–Kier alpha value is -2.46. The summed E-state index contributed by atoms with van der Waals surface area (Å²) >= 11 is 3.34. The van der Waals surface area contributed by atoms with Crippen molar-refractivity contribution in [2.45, 2.75) is 10.2 Å². The SMILES string of the molecule is COc1cc(CBr)cc(OC)c1S(=O)(=O)Nc1noc2cccc(OC)c12. The van der Waals surface area contributed by atoms with E-state index in [1.54, 1.807) is 30.3 Å². The molecule has 0 aliphatic heterocycles. The lowest BCUT2D eigenvalue weighted by atomic mass is 10.2. The number of nitrogens with zero attached hydrogens (tertiary/aromatic N) is 1. The molecule has 0 saturated heterocycles. The Balaban J connectivity index is 2.14. The average molecular weight is 457 g/mol. The van der Waals surface area contributed by atoms with Crippen LogP contribution in [0.4, 0.5) is 5.82 Å². The zero-order valence-corrected chi connectivity index (χ0v) is 17.2. The van der Waals surface area contributed by atoms with Gasteiger partial charge in [0.1, 0.15) is 22.6 Å². The Morgan fingerprint density at radius 1 is 1.07 bits per heavy atom. The fourth-order valence-electron chi connectivity index (χ4n) is 2.66. The number of benzene rings is 2. The summed E-state index contributed by atoms with van der Waals surface area (Å²) in [7, 11) is 0.152. The van der Waals surface area contributed by atoms with Gasteiger partial charge in [0.2, 0.25) is 0 Å². The minimum atomic E-state index is -4.10. The zero-order chi connectivity index (χ0) is 19.6. The predicted octanol–water partition coefficient (Wildman–Crippen LogP) is 3.55.